The number of esters is 2. The molecular formula is C14H9Br2NO4. The number of carbonyl (C=O) groups excluding carboxylic acids is 2. The van der Waals surface area contributed by atoms with Gasteiger partial charge < -0.3 is 9.47 Å². The van der Waals surface area contributed by atoms with Crippen LogP contribution in [0.1, 0.15) is 20.7 Å². The van der Waals surface area contributed by atoms with Gasteiger partial charge in [0.1, 0.15) is 11.3 Å². The molecular weight excluding hydrogens is 406 g/mol. The molecule has 2 rings (SSSR count). The third-order valence-corrected chi connectivity index (χ3v) is 3.42. The molecule has 5 nitrogen and oxygen atoms in total. The maximum absolute atomic E-state index is 12.1. The molecule has 1 aromatic heterocycles. The number of methoxy groups -OCH3 is 1. The highest BCUT2D eigenvalue weighted by Gasteiger charge is 2.17. The minimum Gasteiger partial charge on any atom is -0.465 e. The summed E-state index contributed by atoms with van der Waals surface area (Å²) in [6, 6.07) is 6.27. The maximum Gasteiger partial charge on any atom is 0.345 e. The van der Waals surface area contributed by atoms with Crippen molar-refractivity contribution in [2.24, 2.45) is 0 Å². The number of hydrogen-bond acceptors (Lipinski definition) is 5. The topological polar surface area (TPSA) is 65.5 Å². The van der Waals surface area contributed by atoms with Crippen LogP contribution in [0.5, 0.6) is 5.75 Å². The Morgan fingerprint density at radius 1 is 1.05 bits per heavy atom. The third-order valence-electron chi connectivity index (χ3n) is 2.49. The molecule has 2 aromatic rings. The number of halogens is 2. The fourth-order valence-corrected chi connectivity index (χ4v) is 2.27. The highest BCUT2D eigenvalue weighted by Crippen LogP contribution is 2.25. The van der Waals surface area contributed by atoms with Gasteiger partial charge in [-0.2, -0.15) is 0 Å². The van der Waals surface area contributed by atoms with Crippen LogP contribution in [0.15, 0.2) is 45.6 Å². The van der Waals surface area contributed by atoms with Gasteiger partial charge in [0.05, 0.1) is 12.7 Å². The lowest BCUT2D eigenvalue weighted by Gasteiger charge is -2.09. The van der Waals surface area contributed by atoms with E-state index in [0.717, 1.165) is 0 Å². The van der Waals surface area contributed by atoms with Crippen molar-refractivity contribution in [3.63, 3.8) is 0 Å². The van der Waals surface area contributed by atoms with Crippen molar-refractivity contribution < 1.29 is 19.1 Å². The molecule has 0 saturated heterocycles. The Morgan fingerprint density at radius 2 is 1.81 bits per heavy atom. The fourth-order valence-electron chi connectivity index (χ4n) is 1.54. The van der Waals surface area contributed by atoms with E-state index in [9.17, 15) is 9.59 Å². The molecule has 21 heavy (non-hydrogen) atoms. The Balaban J connectivity index is 2.31. The van der Waals surface area contributed by atoms with Crippen molar-refractivity contribution in [1.82, 2.24) is 4.98 Å². The number of carbonyl (C=O) groups is 2. The Morgan fingerprint density at radius 3 is 2.48 bits per heavy atom. The molecule has 0 spiro atoms. The summed E-state index contributed by atoms with van der Waals surface area (Å²) in [5.74, 6) is -1.09. The first-order valence-electron chi connectivity index (χ1n) is 5.72. The van der Waals surface area contributed by atoms with Gasteiger partial charge in [-0.1, -0.05) is 15.9 Å². The Hall–Kier alpha value is -1.73. The first-order chi connectivity index (χ1) is 10.0. The lowest BCUT2D eigenvalue weighted by molar-refractivity contribution is 0.0593. The Bertz CT molecular complexity index is 703. The molecule has 0 bridgehead atoms. The number of benzene rings is 1. The van der Waals surface area contributed by atoms with Crippen LogP contribution in [0.4, 0.5) is 0 Å². The quantitative estimate of drug-likeness (QED) is 0.566. The van der Waals surface area contributed by atoms with Crippen LogP contribution in [-0.4, -0.2) is 24.0 Å². The predicted molar refractivity (Wildman–Crippen MR) is 82.4 cm³/mol. The number of aromatic nitrogens is 1. The van der Waals surface area contributed by atoms with Crippen LogP contribution in [0.25, 0.3) is 0 Å². The Labute approximate surface area is 137 Å². The van der Waals surface area contributed by atoms with Crippen molar-refractivity contribution in [3.05, 3.63) is 56.7 Å². The number of ether oxygens (including phenoxy) is 2. The zero-order valence-electron chi connectivity index (χ0n) is 10.8. The molecule has 0 atom stereocenters. The summed E-state index contributed by atoms with van der Waals surface area (Å²) in [6.45, 7) is 0. The van der Waals surface area contributed by atoms with E-state index >= 15 is 0 Å². The summed E-state index contributed by atoms with van der Waals surface area (Å²) in [4.78, 5) is 27.7. The van der Waals surface area contributed by atoms with E-state index in [1.807, 2.05) is 0 Å². The van der Waals surface area contributed by atoms with Crippen LogP contribution in [0, 0.1) is 0 Å². The van der Waals surface area contributed by atoms with Gasteiger partial charge in [-0.3, -0.25) is 4.98 Å². The van der Waals surface area contributed by atoms with Gasteiger partial charge in [0.15, 0.2) is 0 Å². The monoisotopic (exact) mass is 413 g/mol. The second kappa shape index (κ2) is 6.82. The number of nitrogens with zero attached hydrogens (tertiary/aromatic N) is 1. The molecule has 0 aliphatic rings. The van der Waals surface area contributed by atoms with Crippen molar-refractivity contribution in [3.8, 4) is 5.75 Å². The molecule has 0 aliphatic carbocycles. The highest BCUT2D eigenvalue weighted by molar-refractivity contribution is 9.10. The van der Waals surface area contributed by atoms with Gasteiger partial charge in [0.2, 0.25) is 0 Å². The van der Waals surface area contributed by atoms with Crippen molar-refractivity contribution in [2.45, 2.75) is 0 Å². The summed E-state index contributed by atoms with van der Waals surface area (Å²) in [7, 11) is 1.26. The SMILES string of the molecule is COC(=O)c1cc(Br)ccc1OC(=O)c1cncc(Br)c1. The van der Waals surface area contributed by atoms with Gasteiger partial charge in [-0.05, 0) is 40.2 Å². The third kappa shape index (κ3) is 3.89. The molecule has 0 N–H and O–H groups in total. The molecule has 0 aliphatic heterocycles. The normalized spacial score (nSPS) is 10.0. The van der Waals surface area contributed by atoms with Gasteiger partial charge >= 0.3 is 11.9 Å². The molecule has 0 fully saturated rings. The van der Waals surface area contributed by atoms with Crippen LogP contribution in [-0.2, 0) is 4.74 Å². The molecule has 1 aromatic carbocycles. The number of hydrogen-bond donors (Lipinski definition) is 0. The smallest absolute Gasteiger partial charge is 0.345 e. The van der Waals surface area contributed by atoms with Gasteiger partial charge in [-0.25, -0.2) is 9.59 Å². The predicted octanol–water partition coefficient (Wildman–Crippen LogP) is 3.61. The van der Waals surface area contributed by atoms with E-state index in [1.165, 1.54) is 25.4 Å². The molecule has 0 amide bonds. The summed E-state index contributed by atoms with van der Waals surface area (Å²) < 4.78 is 11.2. The second-order valence-corrected chi connectivity index (χ2v) is 5.74. The molecule has 0 radical (unpaired) electrons. The van der Waals surface area contributed by atoms with Gasteiger partial charge in [0, 0.05) is 21.3 Å². The zero-order valence-corrected chi connectivity index (χ0v) is 14.0. The van der Waals surface area contributed by atoms with Crippen LogP contribution in [0.3, 0.4) is 0 Å². The second-order valence-electron chi connectivity index (χ2n) is 3.91. The average molecular weight is 415 g/mol. The lowest BCUT2D eigenvalue weighted by Crippen LogP contribution is -2.12. The van der Waals surface area contributed by atoms with Crippen molar-refractivity contribution in [1.29, 1.82) is 0 Å². The Kier molecular flexibility index (Phi) is 5.08. The number of pyridine rings is 1. The van der Waals surface area contributed by atoms with E-state index in [2.05, 4.69) is 41.6 Å². The average Bonchev–Trinajstić information content (AvgIpc) is 2.48. The highest BCUT2D eigenvalue weighted by atomic mass is 79.9. The van der Waals surface area contributed by atoms with E-state index in [0.29, 0.717) is 8.95 Å². The van der Waals surface area contributed by atoms with Crippen molar-refractivity contribution in [2.75, 3.05) is 7.11 Å². The molecule has 108 valence electrons. The van der Waals surface area contributed by atoms with Crippen molar-refractivity contribution >= 4 is 43.8 Å². The largest absolute Gasteiger partial charge is 0.465 e. The van der Waals surface area contributed by atoms with Crippen LogP contribution < -0.4 is 4.74 Å². The number of rotatable bonds is 3. The minimum atomic E-state index is -0.615. The molecule has 0 unspecified atom stereocenters. The standard InChI is InChI=1S/C14H9Br2NO4/c1-20-14(19)11-5-9(15)2-3-12(11)21-13(18)8-4-10(16)7-17-6-8/h2-7H,1H3. The fraction of sp³-hybridized carbons (Fsp3) is 0.0714. The summed E-state index contributed by atoms with van der Waals surface area (Å²) in [5.41, 5.74) is 0.422. The first-order valence-corrected chi connectivity index (χ1v) is 7.30. The van der Waals surface area contributed by atoms with E-state index in [1.54, 1.807) is 18.3 Å². The van der Waals surface area contributed by atoms with Gasteiger partial charge in [0.25, 0.3) is 0 Å². The van der Waals surface area contributed by atoms with Crippen LogP contribution >= 0.6 is 31.9 Å². The molecule has 0 saturated carbocycles. The maximum atomic E-state index is 12.1. The van der Waals surface area contributed by atoms with E-state index < -0.39 is 11.9 Å². The van der Waals surface area contributed by atoms with E-state index in [-0.39, 0.29) is 16.9 Å². The van der Waals surface area contributed by atoms with Gasteiger partial charge in [-0.15, -0.1) is 0 Å². The molecule has 1 heterocycles. The summed E-state index contributed by atoms with van der Waals surface area (Å²) >= 11 is 6.47. The summed E-state index contributed by atoms with van der Waals surface area (Å²) in [5, 5.41) is 0. The lowest BCUT2D eigenvalue weighted by atomic mass is 10.2. The summed E-state index contributed by atoms with van der Waals surface area (Å²) in [6.07, 6.45) is 2.93. The minimum absolute atomic E-state index is 0.120. The molecule has 7 heteroatoms. The van der Waals surface area contributed by atoms with E-state index in [4.69, 9.17) is 4.74 Å². The zero-order chi connectivity index (χ0) is 15.4. The first kappa shape index (κ1) is 15.7. The van der Waals surface area contributed by atoms with Crippen LogP contribution in [0.2, 0.25) is 0 Å².